The fourth-order valence-electron chi connectivity index (χ4n) is 2.11. The first kappa shape index (κ1) is 19.8. The van der Waals surface area contributed by atoms with Gasteiger partial charge in [-0.15, -0.1) is 0 Å². The van der Waals surface area contributed by atoms with E-state index in [9.17, 15) is 26.4 Å². The summed E-state index contributed by atoms with van der Waals surface area (Å²) in [6.07, 6.45) is -4.48. The molecule has 26 heavy (non-hydrogen) atoms. The van der Waals surface area contributed by atoms with Crippen molar-refractivity contribution in [2.75, 3.05) is 11.3 Å². The first-order valence-electron chi connectivity index (χ1n) is 7.56. The highest BCUT2D eigenvalue weighted by Gasteiger charge is 2.30. The van der Waals surface area contributed by atoms with Crippen LogP contribution in [0.25, 0.3) is 0 Å². The SMILES string of the molecule is CCOC(=O)Cc1ccc(NS(=O)(=O)c2ccc(C(F)(F)F)cc2)cc1. The molecule has 9 heteroatoms. The zero-order valence-corrected chi connectivity index (χ0v) is 14.5. The minimum Gasteiger partial charge on any atom is -0.466 e. The Kier molecular flexibility index (Phi) is 5.91. The molecule has 5 nitrogen and oxygen atoms in total. The third kappa shape index (κ3) is 5.22. The van der Waals surface area contributed by atoms with E-state index in [2.05, 4.69) is 4.72 Å². The number of nitrogens with one attached hydrogen (secondary N) is 1. The van der Waals surface area contributed by atoms with Crippen molar-refractivity contribution >= 4 is 21.7 Å². The molecule has 0 bridgehead atoms. The van der Waals surface area contributed by atoms with E-state index >= 15 is 0 Å². The van der Waals surface area contributed by atoms with Gasteiger partial charge in [0.1, 0.15) is 0 Å². The molecule has 0 saturated heterocycles. The van der Waals surface area contributed by atoms with Crippen LogP contribution >= 0.6 is 0 Å². The van der Waals surface area contributed by atoms with Crippen LogP contribution in [0.4, 0.5) is 18.9 Å². The number of ether oxygens (including phenoxy) is 1. The predicted molar refractivity (Wildman–Crippen MR) is 89.0 cm³/mol. The molecule has 0 aliphatic heterocycles. The molecule has 0 fully saturated rings. The number of carbonyl (C=O) groups is 1. The van der Waals surface area contributed by atoms with Gasteiger partial charge in [0.05, 0.1) is 23.5 Å². The molecule has 0 atom stereocenters. The van der Waals surface area contributed by atoms with E-state index in [4.69, 9.17) is 4.74 Å². The summed E-state index contributed by atoms with van der Waals surface area (Å²) in [5.41, 5.74) is -0.0711. The van der Waals surface area contributed by atoms with Crippen LogP contribution in [-0.2, 0) is 32.2 Å². The van der Waals surface area contributed by atoms with Crippen LogP contribution in [0.3, 0.4) is 0 Å². The smallest absolute Gasteiger partial charge is 0.416 e. The maximum atomic E-state index is 12.5. The normalized spacial score (nSPS) is 11.8. The Bertz CT molecular complexity index is 860. The molecule has 1 N–H and O–H groups in total. The van der Waals surface area contributed by atoms with E-state index in [1.807, 2.05) is 0 Å². The Balaban J connectivity index is 2.10. The molecule has 2 aromatic carbocycles. The minimum atomic E-state index is -4.54. The van der Waals surface area contributed by atoms with Crippen molar-refractivity contribution < 1.29 is 31.1 Å². The molecule has 0 spiro atoms. The lowest BCUT2D eigenvalue weighted by molar-refractivity contribution is -0.142. The molecule has 0 aliphatic carbocycles. The van der Waals surface area contributed by atoms with Crippen LogP contribution in [-0.4, -0.2) is 21.0 Å². The van der Waals surface area contributed by atoms with Gasteiger partial charge in [0.2, 0.25) is 0 Å². The summed E-state index contributed by atoms with van der Waals surface area (Å²) in [7, 11) is -4.03. The van der Waals surface area contributed by atoms with Gasteiger partial charge in [-0.05, 0) is 48.9 Å². The quantitative estimate of drug-likeness (QED) is 0.769. The Labute approximate surface area is 148 Å². The molecule has 0 aliphatic rings. The van der Waals surface area contributed by atoms with E-state index in [0.717, 1.165) is 12.1 Å². The molecule has 0 unspecified atom stereocenters. The summed E-state index contributed by atoms with van der Waals surface area (Å²) in [6, 6.07) is 9.21. The third-order valence-electron chi connectivity index (χ3n) is 3.35. The molecular weight excluding hydrogens is 371 g/mol. The van der Waals surface area contributed by atoms with Crippen molar-refractivity contribution in [2.45, 2.75) is 24.4 Å². The summed E-state index contributed by atoms with van der Waals surface area (Å²) < 4.78 is 69.2. The van der Waals surface area contributed by atoms with E-state index in [-0.39, 0.29) is 23.6 Å². The first-order chi connectivity index (χ1) is 12.1. The van der Waals surface area contributed by atoms with Gasteiger partial charge in [0.15, 0.2) is 0 Å². The van der Waals surface area contributed by atoms with Gasteiger partial charge < -0.3 is 4.74 Å². The number of benzene rings is 2. The second-order valence-electron chi connectivity index (χ2n) is 5.31. The second kappa shape index (κ2) is 7.77. The number of anilines is 1. The molecule has 0 radical (unpaired) electrons. The number of esters is 1. The zero-order valence-electron chi connectivity index (χ0n) is 13.7. The summed E-state index contributed by atoms with van der Waals surface area (Å²) in [5.74, 6) is -0.398. The Hall–Kier alpha value is -2.55. The molecule has 140 valence electrons. The van der Waals surface area contributed by atoms with Crippen LogP contribution in [0.2, 0.25) is 0 Å². The van der Waals surface area contributed by atoms with Gasteiger partial charge in [-0.1, -0.05) is 12.1 Å². The lowest BCUT2D eigenvalue weighted by atomic mass is 10.1. The third-order valence-corrected chi connectivity index (χ3v) is 4.75. The zero-order chi connectivity index (χ0) is 19.4. The molecule has 0 amide bonds. The first-order valence-corrected chi connectivity index (χ1v) is 9.05. The molecule has 0 aromatic heterocycles. The van der Waals surface area contributed by atoms with E-state index < -0.39 is 27.7 Å². The standard InChI is InChI=1S/C17H16F3NO4S/c1-2-25-16(22)11-12-3-7-14(8-4-12)21-26(23,24)15-9-5-13(6-10-15)17(18,19)20/h3-10,21H,2,11H2,1H3. The van der Waals surface area contributed by atoms with Crippen molar-refractivity contribution in [2.24, 2.45) is 0 Å². The molecule has 2 aromatic rings. The van der Waals surface area contributed by atoms with Crippen molar-refractivity contribution in [1.82, 2.24) is 0 Å². The lowest BCUT2D eigenvalue weighted by Gasteiger charge is -2.10. The molecular formula is C17H16F3NO4S. The van der Waals surface area contributed by atoms with Crippen molar-refractivity contribution in [3.8, 4) is 0 Å². The van der Waals surface area contributed by atoms with E-state index in [0.29, 0.717) is 17.7 Å². The Morgan fingerprint density at radius 1 is 1.04 bits per heavy atom. The summed E-state index contributed by atoms with van der Waals surface area (Å²) in [6.45, 7) is 1.96. The topological polar surface area (TPSA) is 72.5 Å². The van der Waals surface area contributed by atoms with Crippen LogP contribution in [0.1, 0.15) is 18.1 Å². The number of carbonyl (C=O) groups excluding carboxylic acids is 1. The van der Waals surface area contributed by atoms with Crippen LogP contribution in [0.5, 0.6) is 0 Å². The molecule has 0 saturated carbocycles. The number of halogens is 3. The Morgan fingerprint density at radius 3 is 2.12 bits per heavy atom. The fraction of sp³-hybridized carbons (Fsp3) is 0.235. The highest BCUT2D eigenvalue weighted by molar-refractivity contribution is 7.92. The number of hydrogen-bond donors (Lipinski definition) is 1. The second-order valence-corrected chi connectivity index (χ2v) is 6.99. The van der Waals surface area contributed by atoms with Crippen LogP contribution < -0.4 is 4.72 Å². The highest BCUT2D eigenvalue weighted by atomic mass is 32.2. The number of alkyl halides is 3. The van der Waals surface area contributed by atoms with Gasteiger partial charge in [0.25, 0.3) is 10.0 Å². The van der Waals surface area contributed by atoms with Gasteiger partial charge in [-0.2, -0.15) is 13.2 Å². The van der Waals surface area contributed by atoms with Gasteiger partial charge in [-0.25, -0.2) is 8.42 Å². The van der Waals surface area contributed by atoms with Gasteiger partial charge in [0, 0.05) is 5.69 Å². The summed E-state index contributed by atoms with van der Waals surface area (Å²) in [5, 5.41) is 0. The fourth-order valence-corrected chi connectivity index (χ4v) is 3.17. The largest absolute Gasteiger partial charge is 0.466 e. The lowest BCUT2D eigenvalue weighted by Crippen LogP contribution is -2.14. The maximum absolute atomic E-state index is 12.5. The van der Waals surface area contributed by atoms with Crippen LogP contribution in [0.15, 0.2) is 53.4 Å². The summed E-state index contributed by atoms with van der Waals surface area (Å²) in [4.78, 5) is 11.1. The van der Waals surface area contributed by atoms with E-state index in [1.54, 1.807) is 19.1 Å². The maximum Gasteiger partial charge on any atom is 0.416 e. The average Bonchev–Trinajstić information content (AvgIpc) is 2.56. The number of hydrogen-bond acceptors (Lipinski definition) is 4. The molecule has 2 rings (SSSR count). The van der Waals surface area contributed by atoms with Gasteiger partial charge >= 0.3 is 12.1 Å². The predicted octanol–water partition coefficient (Wildman–Crippen LogP) is 3.61. The van der Waals surface area contributed by atoms with Crippen molar-refractivity contribution in [1.29, 1.82) is 0 Å². The Morgan fingerprint density at radius 2 is 1.62 bits per heavy atom. The summed E-state index contributed by atoms with van der Waals surface area (Å²) >= 11 is 0. The van der Waals surface area contributed by atoms with Crippen molar-refractivity contribution in [3.63, 3.8) is 0 Å². The number of sulfonamides is 1. The van der Waals surface area contributed by atoms with E-state index in [1.165, 1.54) is 12.1 Å². The number of rotatable bonds is 6. The monoisotopic (exact) mass is 387 g/mol. The highest BCUT2D eigenvalue weighted by Crippen LogP contribution is 2.30. The molecule has 0 heterocycles. The van der Waals surface area contributed by atoms with Crippen LogP contribution in [0, 0.1) is 0 Å². The minimum absolute atomic E-state index is 0.0553. The average molecular weight is 387 g/mol. The van der Waals surface area contributed by atoms with Gasteiger partial charge in [-0.3, -0.25) is 9.52 Å². The van der Waals surface area contributed by atoms with Crippen molar-refractivity contribution in [3.05, 3.63) is 59.7 Å².